The summed E-state index contributed by atoms with van der Waals surface area (Å²) >= 11 is 0. The van der Waals surface area contributed by atoms with Crippen molar-refractivity contribution in [2.75, 3.05) is 38.2 Å². The minimum atomic E-state index is -4.95. The maximum atomic E-state index is 12.8. The third-order valence-electron chi connectivity index (χ3n) is 3.63. The van der Waals surface area contributed by atoms with Gasteiger partial charge in [0.25, 0.3) is 0 Å². The van der Waals surface area contributed by atoms with Gasteiger partial charge >= 0.3 is 12.4 Å². The van der Waals surface area contributed by atoms with Gasteiger partial charge in [-0.1, -0.05) is 0 Å². The lowest BCUT2D eigenvalue weighted by Gasteiger charge is -2.26. The topological polar surface area (TPSA) is 41.6 Å². The van der Waals surface area contributed by atoms with Crippen LogP contribution in [0.25, 0.3) is 0 Å². The number of carbonyl (C=O) groups is 1. The third kappa shape index (κ3) is 5.89. The summed E-state index contributed by atoms with van der Waals surface area (Å²) < 4.78 is 81.7. The number of rotatable bonds is 4. The third-order valence-corrected chi connectivity index (χ3v) is 3.63. The minimum Gasteiger partial charge on any atom is -0.379 e. The molecule has 0 atom stereocenters. The van der Waals surface area contributed by atoms with Gasteiger partial charge in [0.05, 0.1) is 24.3 Å². The summed E-state index contributed by atoms with van der Waals surface area (Å²) in [5.41, 5.74) is -3.47. The fraction of sp³-hybridized carbons (Fsp3) is 0.533. The van der Waals surface area contributed by atoms with E-state index in [1.54, 1.807) is 0 Å². The zero-order chi connectivity index (χ0) is 18.7. The highest BCUT2D eigenvalue weighted by Crippen LogP contribution is 2.37. The van der Waals surface area contributed by atoms with Crippen LogP contribution in [0.5, 0.6) is 0 Å². The predicted octanol–water partition coefficient (Wildman–Crippen LogP) is 3.39. The number of halogens is 6. The molecule has 0 unspecified atom stereocenters. The van der Waals surface area contributed by atoms with E-state index < -0.39 is 35.1 Å². The number of nitrogens with zero attached hydrogens (tertiary/aromatic N) is 1. The highest BCUT2D eigenvalue weighted by Gasteiger charge is 2.37. The van der Waals surface area contributed by atoms with Crippen LogP contribution in [0.1, 0.15) is 17.5 Å². The number of benzene rings is 1. The van der Waals surface area contributed by atoms with Gasteiger partial charge in [0, 0.05) is 31.7 Å². The van der Waals surface area contributed by atoms with Gasteiger partial charge in [-0.15, -0.1) is 0 Å². The fourth-order valence-corrected chi connectivity index (χ4v) is 2.34. The number of hydrogen-bond donors (Lipinski definition) is 1. The lowest BCUT2D eigenvalue weighted by Crippen LogP contribution is -2.38. The number of morpholine rings is 1. The Bertz CT molecular complexity index is 577. The van der Waals surface area contributed by atoms with Crippen LogP contribution in [0, 0.1) is 0 Å². The Kier molecular flexibility index (Phi) is 5.94. The first-order valence-electron chi connectivity index (χ1n) is 7.45. The molecule has 0 aromatic heterocycles. The van der Waals surface area contributed by atoms with Crippen LogP contribution in [0.4, 0.5) is 32.0 Å². The molecule has 1 amide bonds. The zero-order valence-corrected chi connectivity index (χ0v) is 13.0. The Morgan fingerprint density at radius 2 is 1.52 bits per heavy atom. The molecule has 1 fully saturated rings. The van der Waals surface area contributed by atoms with E-state index in [-0.39, 0.29) is 12.5 Å². The molecule has 0 saturated carbocycles. The molecule has 25 heavy (non-hydrogen) atoms. The Balaban J connectivity index is 2.07. The summed E-state index contributed by atoms with van der Waals surface area (Å²) in [6, 6.07) is 0.993. The van der Waals surface area contributed by atoms with Gasteiger partial charge in [-0.3, -0.25) is 9.69 Å². The molecule has 2 rings (SSSR count). The predicted molar refractivity (Wildman–Crippen MR) is 77.0 cm³/mol. The second-order valence-corrected chi connectivity index (χ2v) is 5.55. The van der Waals surface area contributed by atoms with Gasteiger partial charge in [0.15, 0.2) is 0 Å². The van der Waals surface area contributed by atoms with E-state index in [1.165, 1.54) is 0 Å². The average molecular weight is 370 g/mol. The Morgan fingerprint density at radius 1 is 1.00 bits per heavy atom. The van der Waals surface area contributed by atoms with Crippen LogP contribution in [0.3, 0.4) is 0 Å². The molecule has 1 aliphatic heterocycles. The number of anilines is 1. The second-order valence-electron chi connectivity index (χ2n) is 5.55. The van der Waals surface area contributed by atoms with E-state index in [4.69, 9.17) is 4.74 Å². The lowest BCUT2D eigenvalue weighted by atomic mass is 10.1. The molecular formula is C15H16F6N2O2. The Labute approximate surface area is 139 Å². The number of amides is 1. The van der Waals surface area contributed by atoms with Gasteiger partial charge < -0.3 is 10.1 Å². The quantitative estimate of drug-likeness (QED) is 0.827. The summed E-state index contributed by atoms with van der Waals surface area (Å²) in [5, 5.41) is 2.11. The van der Waals surface area contributed by atoms with Crippen molar-refractivity contribution in [1.29, 1.82) is 0 Å². The maximum Gasteiger partial charge on any atom is 0.416 e. The van der Waals surface area contributed by atoms with Crippen molar-refractivity contribution in [3.05, 3.63) is 29.3 Å². The second kappa shape index (κ2) is 7.61. The van der Waals surface area contributed by atoms with Gasteiger partial charge in [-0.05, 0) is 18.2 Å². The smallest absolute Gasteiger partial charge is 0.379 e. The first-order valence-corrected chi connectivity index (χ1v) is 7.45. The van der Waals surface area contributed by atoms with Crippen molar-refractivity contribution in [3.63, 3.8) is 0 Å². The molecule has 1 aliphatic rings. The molecule has 1 aromatic rings. The van der Waals surface area contributed by atoms with Gasteiger partial charge in [0.2, 0.25) is 5.91 Å². The zero-order valence-electron chi connectivity index (χ0n) is 13.0. The van der Waals surface area contributed by atoms with Crippen LogP contribution in [-0.4, -0.2) is 43.7 Å². The number of ether oxygens (including phenoxy) is 1. The molecule has 10 heteroatoms. The number of carbonyl (C=O) groups excluding carboxylic acids is 1. The van der Waals surface area contributed by atoms with E-state index in [1.807, 2.05) is 4.90 Å². The van der Waals surface area contributed by atoms with Crippen molar-refractivity contribution >= 4 is 11.6 Å². The van der Waals surface area contributed by atoms with Crippen LogP contribution in [0.2, 0.25) is 0 Å². The molecule has 0 aliphatic carbocycles. The molecule has 0 bridgehead atoms. The van der Waals surface area contributed by atoms with Crippen molar-refractivity contribution in [2.45, 2.75) is 18.8 Å². The first-order chi connectivity index (χ1) is 11.6. The lowest BCUT2D eigenvalue weighted by molar-refractivity contribution is -0.143. The van der Waals surface area contributed by atoms with E-state index in [2.05, 4.69) is 5.32 Å². The molecule has 1 aromatic carbocycles. The van der Waals surface area contributed by atoms with Crippen LogP contribution in [0.15, 0.2) is 18.2 Å². The largest absolute Gasteiger partial charge is 0.416 e. The Morgan fingerprint density at radius 3 is 2.00 bits per heavy atom. The number of hydrogen-bond acceptors (Lipinski definition) is 3. The molecule has 1 N–H and O–H groups in total. The molecule has 0 radical (unpaired) electrons. The highest BCUT2D eigenvalue weighted by molar-refractivity contribution is 5.91. The Hall–Kier alpha value is -1.81. The first kappa shape index (κ1) is 19.5. The van der Waals surface area contributed by atoms with Gasteiger partial charge in [-0.2, -0.15) is 26.3 Å². The standard InChI is InChI=1S/C15H16F6N2O2/c16-14(17,18)10-7-11(15(19,20)21)9-12(8-10)22-13(24)1-2-23-3-5-25-6-4-23/h7-9H,1-6H2,(H,22,24). The molecule has 0 spiro atoms. The normalized spacial score (nSPS) is 16.7. The van der Waals surface area contributed by atoms with E-state index >= 15 is 0 Å². The monoisotopic (exact) mass is 370 g/mol. The summed E-state index contributed by atoms with van der Waals surface area (Å²) in [7, 11) is 0. The minimum absolute atomic E-state index is 0.0172. The van der Waals surface area contributed by atoms with Crippen molar-refractivity contribution in [3.8, 4) is 0 Å². The summed E-state index contributed by atoms with van der Waals surface area (Å²) in [4.78, 5) is 13.8. The highest BCUT2D eigenvalue weighted by atomic mass is 19.4. The summed E-state index contributed by atoms with van der Waals surface area (Å²) in [6.07, 6.45) is -9.94. The van der Waals surface area contributed by atoms with E-state index in [9.17, 15) is 31.1 Å². The number of alkyl halides is 6. The molecular weight excluding hydrogens is 354 g/mol. The molecule has 1 heterocycles. The van der Waals surface area contributed by atoms with E-state index in [0.717, 1.165) is 0 Å². The molecule has 140 valence electrons. The average Bonchev–Trinajstić information content (AvgIpc) is 2.52. The molecule has 4 nitrogen and oxygen atoms in total. The van der Waals surface area contributed by atoms with Crippen molar-refractivity contribution < 1.29 is 35.9 Å². The number of nitrogens with one attached hydrogen (secondary N) is 1. The SMILES string of the molecule is O=C(CCN1CCOCC1)Nc1cc(C(F)(F)F)cc(C(F)(F)F)c1. The van der Waals surface area contributed by atoms with Crippen LogP contribution in [-0.2, 0) is 21.9 Å². The molecule has 1 saturated heterocycles. The van der Waals surface area contributed by atoms with Crippen molar-refractivity contribution in [1.82, 2.24) is 4.90 Å². The fourth-order valence-electron chi connectivity index (χ4n) is 2.34. The van der Waals surface area contributed by atoms with Gasteiger partial charge in [0.1, 0.15) is 0 Å². The van der Waals surface area contributed by atoms with E-state index in [0.29, 0.717) is 45.0 Å². The van der Waals surface area contributed by atoms with Crippen LogP contribution < -0.4 is 5.32 Å². The van der Waals surface area contributed by atoms with Gasteiger partial charge in [-0.25, -0.2) is 0 Å². The summed E-state index contributed by atoms with van der Waals surface area (Å²) in [6.45, 7) is 2.62. The maximum absolute atomic E-state index is 12.8. The van der Waals surface area contributed by atoms with Crippen molar-refractivity contribution in [2.24, 2.45) is 0 Å². The summed E-state index contributed by atoms with van der Waals surface area (Å²) in [5.74, 6) is -0.654. The van der Waals surface area contributed by atoms with Crippen LogP contribution >= 0.6 is 0 Å².